The van der Waals surface area contributed by atoms with Crippen molar-refractivity contribution in [3.8, 4) is 12.1 Å². The van der Waals surface area contributed by atoms with Crippen molar-refractivity contribution in [1.29, 1.82) is 10.5 Å². The molecule has 1 heterocycles. The highest BCUT2D eigenvalue weighted by Gasteiger charge is 2.38. The highest BCUT2D eigenvalue weighted by molar-refractivity contribution is 5.92. The molecule has 1 aromatic carbocycles. The van der Waals surface area contributed by atoms with E-state index in [1.165, 1.54) is 18.9 Å². The van der Waals surface area contributed by atoms with Gasteiger partial charge in [-0.05, 0) is 62.1 Å². The van der Waals surface area contributed by atoms with Gasteiger partial charge in [-0.3, -0.25) is 19.6 Å². The van der Waals surface area contributed by atoms with E-state index in [4.69, 9.17) is 5.21 Å². The summed E-state index contributed by atoms with van der Waals surface area (Å²) in [6, 6.07) is 9.78. The summed E-state index contributed by atoms with van der Waals surface area (Å²) in [6.45, 7) is 17.1. The van der Waals surface area contributed by atoms with Gasteiger partial charge in [0.15, 0.2) is 0 Å². The van der Waals surface area contributed by atoms with Crippen LogP contribution in [0.3, 0.4) is 0 Å². The number of aromatic nitrogens is 3. The van der Waals surface area contributed by atoms with Crippen LogP contribution in [0, 0.1) is 39.9 Å². The van der Waals surface area contributed by atoms with Crippen LogP contribution in [0.1, 0.15) is 85.4 Å². The summed E-state index contributed by atoms with van der Waals surface area (Å²) in [7, 11) is 1.47. The smallest absolute Gasteiger partial charge is 0.272 e. The van der Waals surface area contributed by atoms with E-state index < -0.39 is 46.1 Å². The van der Waals surface area contributed by atoms with Gasteiger partial charge in [-0.15, -0.1) is 0 Å². The van der Waals surface area contributed by atoms with E-state index in [0.29, 0.717) is 6.54 Å². The van der Waals surface area contributed by atoms with E-state index in [1.54, 1.807) is 31.8 Å². The van der Waals surface area contributed by atoms with Crippen LogP contribution in [0.5, 0.6) is 0 Å². The molecular formula is C32H48N8O5. The highest BCUT2D eigenvalue weighted by Crippen LogP contribution is 2.30. The molecule has 2 rings (SSSR count). The largest absolute Gasteiger partial charge is 0.382 e. The number of likely N-dealkylation sites (N-methyl/N-ethyl adjacent to an activating group) is 1. The lowest BCUT2D eigenvalue weighted by atomic mass is 9.79. The standard InChI is InChI=1S/C17H19N5.C15H29N3O5/c1-16(2,9-18)14-5-13(8-22-12-20-11-21-22)6-15(7-14)17(3,4)10-19;1-8(2)7-9(10(19)13(21)18-23)12(20)17-11(14(22)16-6)15(3,4)5/h5-7,11-12H,8H2,1-4H3;8-11,19,23H,7H2,1-6H3,(H,16,22)(H,17,20)(H,18,21)/t;9-,10+,11-/m.1/s1. The topological polar surface area (TPSA) is 206 Å². The monoisotopic (exact) mass is 624 g/mol. The maximum Gasteiger partial charge on any atom is 0.272 e. The Bertz CT molecular complexity index is 1340. The molecule has 0 fully saturated rings. The number of carbonyl (C=O) groups is 3. The molecule has 5 N–H and O–H groups in total. The summed E-state index contributed by atoms with van der Waals surface area (Å²) in [4.78, 5) is 39.9. The van der Waals surface area contributed by atoms with E-state index in [2.05, 4.69) is 32.9 Å². The van der Waals surface area contributed by atoms with Crippen LogP contribution in [0.2, 0.25) is 0 Å². The lowest BCUT2D eigenvalue weighted by molar-refractivity contribution is -0.147. The Morgan fingerprint density at radius 1 is 0.933 bits per heavy atom. The molecule has 3 amide bonds. The highest BCUT2D eigenvalue weighted by atomic mass is 16.5. The van der Waals surface area contributed by atoms with Crippen LogP contribution in [-0.4, -0.2) is 62.0 Å². The van der Waals surface area contributed by atoms with Crippen molar-refractivity contribution in [2.24, 2.45) is 17.3 Å². The first kappa shape index (κ1) is 38.7. The van der Waals surface area contributed by atoms with Crippen LogP contribution >= 0.6 is 0 Å². The van der Waals surface area contributed by atoms with Crippen molar-refractivity contribution in [3.63, 3.8) is 0 Å². The Hall–Kier alpha value is -4.33. The molecular weight excluding hydrogens is 576 g/mol. The van der Waals surface area contributed by atoms with Crippen molar-refractivity contribution < 1.29 is 24.7 Å². The molecule has 13 nitrogen and oxygen atoms in total. The fraction of sp³-hybridized carbons (Fsp3) is 0.594. The van der Waals surface area contributed by atoms with Gasteiger partial charge < -0.3 is 15.7 Å². The van der Waals surface area contributed by atoms with E-state index in [9.17, 15) is 30.0 Å². The van der Waals surface area contributed by atoms with Gasteiger partial charge >= 0.3 is 0 Å². The number of aliphatic hydroxyl groups is 1. The Kier molecular flexibility index (Phi) is 13.9. The maximum absolute atomic E-state index is 12.5. The molecule has 3 atom stereocenters. The van der Waals surface area contributed by atoms with Crippen molar-refractivity contribution in [3.05, 3.63) is 47.5 Å². The minimum atomic E-state index is -1.70. The van der Waals surface area contributed by atoms with Crippen molar-refractivity contribution in [2.45, 2.75) is 98.3 Å². The fourth-order valence-corrected chi connectivity index (χ4v) is 4.34. The molecule has 13 heteroatoms. The summed E-state index contributed by atoms with van der Waals surface area (Å²) in [5.74, 6) is -3.08. The average molecular weight is 625 g/mol. The third-order valence-electron chi connectivity index (χ3n) is 7.29. The molecule has 45 heavy (non-hydrogen) atoms. The normalized spacial score (nSPS) is 13.7. The number of hydroxylamine groups is 1. The minimum Gasteiger partial charge on any atom is -0.382 e. The Balaban J connectivity index is 0.000000450. The number of carbonyl (C=O) groups excluding carboxylic acids is 3. The van der Waals surface area contributed by atoms with Gasteiger partial charge in [0.05, 0.1) is 35.4 Å². The Morgan fingerprint density at radius 2 is 1.47 bits per heavy atom. The van der Waals surface area contributed by atoms with Gasteiger partial charge in [0.2, 0.25) is 11.8 Å². The zero-order valence-electron chi connectivity index (χ0n) is 28.0. The van der Waals surface area contributed by atoms with Crippen molar-refractivity contribution in [2.75, 3.05) is 7.05 Å². The van der Waals surface area contributed by atoms with Crippen LogP contribution in [0.15, 0.2) is 30.9 Å². The summed E-state index contributed by atoms with van der Waals surface area (Å²) in [6.07, 6.45) is 1.67. The third-order valence-corrected chi connectivity index (χ3v) is 7.29. The van der Waals surface area contributed by atoms with Gasteiger partial charge in [0.25, 0.3) is 5.91 Å². The molecule has 0 spiro atoms. The lowest BCUT2D eigenvalue weighted by Crippen LogP contribution is -2.56. The Labute approximate surface area is 266 Å². The number of nitrogens with one attached hydrogen (secondary N) is 3. The fourth-order valence-electron chi connectivity index (χ4n) is 4.34. The Morgan fingerprint density at radius 3 is 1.84 bits per heavy atom. The molecule has 0 unspecified atom stereocenters. The van der Waals surface area contributed by atoms with E-state index >= 15 is 0 Å². The predicted octanol–water partition coefficient (Wildman–Crippen LogP) is 2.72. The van der Waals surface area contributed by atoms with Crippen molar-refractivity contribution in [1.82, 2.24) is 30.9 Å². The number of nitriles is 2. The molecule has 2 aromatic rings. The van der Waals surface area contributed by atoms with Gasteiger partial charge in [-0.2, -0.15) is 15.6 Å². The first-order chi connectivity index (χ1) is 20.7. The van der Waals surface area contributed by atoms with Crippen LogP contribution < -0.4 is 16.1 Å². The first-order valence-electron chi connectivity index (χ1n) is 14.7. The van der Waals surface area contributed by atoms with Gasteiger partial charge in [-0.25, -0.2) is 15.1 Å². The van der Waals surface area contributed by atoms with Crippen LogP contribution in [0.4, 0.5) is 0 Å². The number of nitrogens with zero attached hydrogens (tertiary/aromatic N) is 5. The molecule has 0 bridgehead atoms. The summed E-state index contributed by atoms with van der Waals surface area (Å²) in [5.41, 5.74) is 2.39. The molecule has 0 aliphatic rings. The summed E-state index contributed by atoms with van der Waals surface area (Å²) in [5, 5.41) is 46.6. The molecule has 0 radical (unpaired) electrons. The molecule has 0 saturated heterocycles. The first-order valence-corrected chi connectivity index (χ1v) is 14.7. The van der Waals surface area contributed by atoms with Gasteiger partial charge in [0, 0.05) is 7.05 Å². The van der Waals surface area contributed by atoms with Crippen LogP contribution in [0.25, 0.3) is 0 Å². The molecule has 0 saturated carbocycles. The van der Waals surface area contributed by atoms with E-state index in [1.807, 2.05) is 59.7 Å². The second-order valence-corrected chi connectivity index (χ2v) is 13.6. The third kappa shape index (κ3) is 11.3. The number of amides is 3. The van der Waals surface area contributed by atoms with Gasteiger partial charge in [-0.1, -0.05) is 52.8 Å². The maximum atomic E-state index is 12.5. The molecule has 246 valence electrons. The SMILES string of the molecule is CC(C)(C#N)c1cc(Cn2cncn2)cc(C(C)(C)C#N)c1.CNC(=O)[C@@H](NC(=O)[C@H](CC(C)C)[C@H](O)C(=O)NO)C(C)(C)C. The van der Waals surface area contributed by atoms with Crippen molar-refractivity contribution >= 4 is 17.7 Å². The number of rotatable bonds is 11. The number of aliphatic hydroxyl groups excluding tert-OH is 1. The number of hydrogen-bond acceptors (Lipinski definition) is 9. The van der Waals surface area contributed by atoms with E-state index in [-0.39, 0.29) is 18.2 Å². The summed E-state index contributed by atoms with van der Waals surface area (Å²) < 4.78 is 1.72. The number of hydrogen-bond donors (Lipinski definition) is 5. The second kappa shape index (κ2) is 16.1. The zero-order valence-corrected chi connectivity index (χ0v) is 28.0. The lowest BCUT2D eigenvalue weighted by Gasteiger charge is -2.32. The van der Waals surface area contributed by atoms with Crippen LogP contribution in [-0.2, 0) is 31.8 Å². The number of benzene rings is 1. The molecule has 0 aliphatic heterocycles. The average Bonchev–Trinajstić information content (AvgIpc) is 3.49. The quantitative estimate of drug-likeness (QED) is 0.184. The molecule has 1 aromatic heterocycles. The zero-order chi connectivity index (χ0) is 34.8. The molecule has 0 aliphatic carbocycles. The van der Waals surface area contributed by atoms with E-state index in [0.717, 1.165) is 16.7 Å². The minimum absolute atomic E-state index is 0.0278. The summed E-state index contributed by atoms with van der Waals surface area (Å²) >= 11 is 0. The predicted molar refractivity (Wildman–Crippen MR) is 167 cm³/mol. The van der Waals surface area contributed by atoms with Gasteiger partial charge in [0.1, 0.15) is 24.8 Å². The second-order valence-electron chi connectivity index (χ2n) is 13.6.